The van der Waals surface area contributed by atoms with Crippen LogP contribution in [0.3, 0.4) is 0 Å². The number of ether oxygens (including phenoxy) is 1. The molecule has 0 fully saturated rings. The second-order valence-electron chi connectivity index (χ2n) is 2.65. The Morgan fingerprint density at radius 2 is 2.15 bits per heavy atom. The smallest absolute Gasteiger partial charge is 0.141 e. The monoisotopic (exact) mass is 248 g/mol. The van der Waals surface area contributed by atoms with E-state index in [0.29, 0.717) is 10.2 Å². The lowest BCUT2D eigenvalue weighted by atomic mass is 10.1. The molecule has 2 nitrogen and oxygen atoms in total. The molecule has 0 spiro atoms. The van der Waals surface area contributed by atoms with Gasteiger partial charge in [-0.3, -0.25) is 0 Å². The molecule has 0 aromatic heterocycles. The van der Waals surface area contributed by atoms with Crippen LogP contribution in [-0.4, -0.2) is 12.2 Å². The summed E-state index contributed by atoms with van der Waals surface area (Å²) in [4.78, 5) is 0. The van der Waals surface area contributed by atoms with E-state index in [-0.39, 0.29) is 5.56 Å². The summed E-state index contributed by atoms with van der Waals surface area (Å²) < 4.78 is 18.8. The van der Waals surface area contributed by atoms with E-state index in [9.17, 15) is 9.50 Å². The summed E-state index contributed by atoms with van der Waals surface area (Å²) in [6, 6.07) is 2.83. The Morgan fingerprint density at radius 3 is 2.54 bits per heavy atom. The molecule has 0 radical (unpaired) electrons. The van der Waals surface area contributed by atoms with Crippen LogP contribution in [0.2, 0.25) is 0 Å². The summed E-state index contributed by atoms with van der Waals surface area (Å²) in [7, 11) is 1.44. The summed E-state index contributed by atoms with van der Waals surface area (Å²) in [5.41, 5.74) is 0.178. The molecule has 72 valence electrons. The Balaban J connectivity index is 3.35. The Morgan fingerprint density at radius 1 is 1.54 bits per heavy atom. The van der Waals surface area contributed by atoms with Crippen LogP contribution >= 0.6 is 15.9 Å². The molecule has 0 aliphatic heterocycles. The van der Waals surface area contributed by atoms with Gasteiger partial charge in [-0.1, -0.05) is 0 Å². The van der Waals surface area contributed by atoms with Crippen LogP contribution in [0.25, 0.3) is 0 Å². The molecule has 0 amide bonds. The van der Waals surface area contributed by atoms with Crippen molar-refractivity contribution in [1.82, 2.24) is 0 Å². The van der Waals surface area contributed by atoms with Gasteiger partial charge in [-0.25, -0.2) is 4.39 Å². The van der Waals surface area contributed by atoms with E-state index < -0.39 is 11.9 Å². The second kappa shape index (κ2) is 4.07. The predicted octanol–water partition coefficient (Wildman–Crippen LogP) is 2.65. The Hall–Kier alpha value is -0.610. The number of halogens is 2. The van der Waals surface area contributed by atoms with Crippen molar-refractivity contribution < 1.29 is 14.2 Å². The van der Waals surface area contributed by atoms with Crippen molar-refractivity contribution in [2.75, 3.05) is 7.11 Å². The van der Waals surface area contributed by atoms with E-state index in [1.807, 2.05) is 0 Å². The maximum atomic E-state index is 13.2. The van der Waals surface area contributed by atoms with Crippen molar-refractivity contribution in [3.05, 3.63) is 28.0 Å². The van der Waals surface area contributed by atoms with Crippen molar-refractivity contribution in [2.45, 2.75) is 13.0 Å². The van der Waals surface area contributed by atoms with Crippen molar-refractivity contribution in [2.24, 2.45) is 0 Å². The van der Waals surface area contributed by atoms with Crippen molar-refractivity contribution >= 4 is 15.9 Å². The Kier molecular flexibility index (Phi) is 3.27. The molecule has 0 saturated carbocycles. The molecule has 13 heavy (non-hydrogen) atoms. The molecule has 1 unspecified atom stereocenters. The molecular weight excluding hydrogens is 239 g/mol. The van der Waals surface area contributed by atoms with Gasteiger partial charge in [-0.05, 0) is 35.0 Å². The van der Waals surface area contributed by atoms with Gasteiger partial charge < -0.3 is 9.84 Å². The minimum Gasteiger partial charge on any atom is -0.495 e. The average molecular weight is 249 g/mol. The van der Waals surface area contributed by atoms with Crippen molar-refractivity contribution in [3.8, 4) is 5.75 Å². The largest absolute Gasteiger partial charge is 0.495 e. The molecule has 0 aliphatic rings. The van der Waals surface area contributed by atoms with Crippen LogP contribution in [0.4, 0.5) is 4.39 Å². The third-order valence-electron chi connectivity index (χ3n) is 1.72. The summed E-state index contributed by atoms with van der Waals surface area (Å²) in [6.07, 6.45) is -0.882. The first kappa shape index (κ1) is 10.5. The second-order valence-corrected chi connectivity index (χ2v) is 3.51. The van der Waals surface area contributed by atoms with Crippen molar-refractivity contribution in [3.63, 3.8) is 0 Å². The van der Waals surface area contributed by atoms with E-state index in [0.717, 1.165) is 0 Å². The molecule has 0 heterocycles. The number of methoxy groups -OCH3 is 1. The number of hydrogen-bond acceptors (Lipinski definition) is 2. The normalized spacial score (nSPS) is 12.7. The first-order valence-electron chi connectivity index (χ1n) is 3.78. The summed E-state index contributed by atoms with van der Waals surface area (Å²) in [5.74, 6) is -0.120. The van der Waals surface area contributed by atoms with Gasteiger partial charge in [0.15, 0.2) is 0 Å². The molecule has 0 saturated heterocycles. The predicted molar refractivity (Wildman–Crippen MR) is 51.3 cm³/mol. The van der Waals surface area contributed by atoms with Crippen LogP contribution in [0.5, 0.6) is 5.75 Å². The van der Waals surface area contributed by atoms with E-state index in [2.05, 4.69) is 15.9 Å². The van der Waals surface area contributed by atoms with Gasteiger partial charge in [0.25, 0.3) is 0 Å². The van der Waals surface area contributed by atoms with Gasteiger partial charge in [-0.2, -0.15) is 0 Å². The Labute approximate surface area is 84.5 Å². The standard InChI is InChI=1S/C9H10BrFO2/c1-5(12)8-7(11)4-3-6(10)9(8)13-2/h3-5,12H,1-2H3. The molecule has 1 N–H and O–H groups in total. The number of rotatable bonds is 2. The number of aliphatic hydroxyl groups excluding tert-OH is 1. The third kappa shape index (κ3) is 2.00. The minimum absolute atomic E-state index is 0.178. The highest BCUT2D eigenvalue weighted by atomic mass is 79.9. The molecule has 0 bridgehead atoms. The highest BCUT2D eigenvalue weighted by Gasteiger charge is 2.16. The van der Waals surface area contributed by atoms with Gasteiger partial charge in [0.2, 0.25) is 0 Å². The van der Waals surface area contributed by atoms with Crippen molar-refractivity contribution in [1.29, 1.82) is 0 Å². The van der Waals surface area contributed by atoms with Gasteiger partial charge in [0.1, 0.15) is 11.6 Å². The molecule has 0 aliphatic carbocycles. The number of benzene rings is 1. The molecule has 4 heteroatoms. The van der Waals surface area contributed by atoms with Crippen LogP contribution in [0, 0.1) is 5.82 Å². The summed E-state index contributed by atoms with van der Waals surface area (Å²) >= 11 is 3.21. The van der Waals surface area contributed by atoms with Gasteiger partial charge in [-0.15, -0.1) is 0 Å². The van der Waals surface area contributed by atoms with Crippen LogP contribution in [-0.2, 0) is 0 Å². The fourth-order valence-corrected chi connectivity index (χ4v) is 1.65. The lowest BCUT2D eigenvalue weighted by molar-refractivity contribution is 0.188. The first-order valence-corrected chi connectivity index (χ1v) is 4.57. The van der Waals surface area contributed by atoms with E-state index in [1.54, 1.807) is 6.07 Å². The van der Waals surface area contributed by atoms with Gasteiger partial charge in [0.05, 0.1) is 23.2 Å². The summed E-state index contributed by atoms with van der Waals surface area (Å²) in [6.45, 7) is 1.49. The van der Waals surface area contributed by atoms with E-state index in [4.69, 9.17) is 4.74 Å². The third-order valence-corrected chi connectivity index (χ3v) is 2.34. The fourth-order valence-electron chi connectivity index (χ4n) is 1.15. The van der Waals surface area contributed by atoms with Gasteiger partial charge >= 0.3 is 0 Å². The lowest BCUT2D eigenvalue weighted by Gasteiger charge is -2.13. The highest BCUT2D eigenvalue weighted by molar-refractivity contribution is 9.10. The first-order chi connectivity index (χ1) is 6.07. The zero-order valence-electron chi connectivity index (χ0n) is 7.34. The van der Waals surface area contributed by atoms with Crippen LogP contribution in [0.15, 0.2) is 16.6 Å². The quantitative estimate of drug-likeness (QED) is 0.873. The molecule has 1 rings (SSSR count). The molecular formula is C9H10BrFO2. The lowest BCUT2D eigenvalue weighted by Crippen LogP contribution is -2.00. The number of hydrogen-bond donors (Lipinski definition) is 1. The Bertz CT molecular complexity index is 313. The zero-order valence-corrected chi connectivity index (χ0v) is 8.93. The van der Waals surface area contributed by atoms with E-state index in [1.165, 1.54) is 20.1 Å². The molecule has 1 atom stereocenters. The average Bonchev–Trinajstić information content (AvgIpc) is 2.07. The van der Waals surface area contributed by atoms with Crippen LogP contribution < -0.4 is 4.74 Å². The fraction of sp³-hybridized carbons (Fsp3) is 0.333. The summed E-state index contributed by atoms with van der Waals surface area (Å²) in [5, 5.41) is 9.30. The van der Waals surface area contributed by atoms with Gasteiger partial charge in [0, 0.05) is 0 Å². The van der Waals surface area contributed by atoms with Crippen LogP contribution in [0.1, 0.15) is 18.6 Å². The highest BCUT2D eigenvalue weighted by Crippen LogP contribution is 2.34. The molecule has 1 aromatic carbocycles. The topological polar surface area (TPSA) is 29.5 Å². The number of aliphatic hydroxyl groups is 1. The van der Waals surface area contributed by atoms with E-state index >= 15 is 0 Å². The molecule has 1 aromatic rings. The maximum absolute atomic E-state index is 13.2. The SMILES string of the molecule is COc1c(Br)ccc(F)c1C(C)O. The zero-order chi connectivity index (χ0) is 10.0. The maximum Gasteiger partial charge on any atom is 0.141 e. The minimum atomic E-state index is -0.882.